The summed E-state index contributed by atoms with van der Waals surface area (Å²) in [6.07, 6.45) is 3.16. The Morgan fingerprint density at radius 1 is 1.09 bits per heavy atom. The molecule has 0 spiro atoms. The van der Waals surface area contributed by atoms with Gasteiger partial charge in [-0.15, -0.1) is 0 Å². The van der Waals surface area contributed by atoms with Crippen molar-refractivity contribution in [2.75, 3.05) is 6.61 Å². The second kappa shape index (κ2) is 7.35. The lowest BCUT2D eigenvalue weighted by Gasteiger charge is -2.16. The molecule has 2 aromatic carbocycles. The largest absolute Gasteiger partial charge is 0.392 e. The molecule has 0 heterocycles. The van der Waals surface area contributed by atoms with Crippen LogP contribution in [0, 0.1) is 6.92 Å². The zero-order chi connectivity index (χ0) is 16.0. The lowest BCUT2D eigenvalue weighted by Crippen LogP contribution is -2.27. The van der Waals surface area contributed by atoms with E-state index in [0.29, 0.717) is 0 Å². The SMILES string of the molecule is Cc1ccc(S(=O)(=O)N[C@@H](/C=C/CO)c2ccccc2)cc1. The van der Waals surface area contributed by atoms with Crippen LogP contribution in [0.3, 0.4) is 0 Å². The van der Waals surface area contributed by atoms with Gasteiger partial charge in [-0.1, -0.05) is 60.2 Å². The smallest absolute Gasteiger partial charge is 0.241 e. The van der Waals surface area contributed by atoms with Crippen molar-refractivity contribution >= 4 is 10.0 Å². The van der Waals surface area contributed by atoms with Crippen LogP contribution in [-0.4, -0.2) is 20.1 Å². The van der Waals surface area contributed by atoms with Gasteiger partial charge in [0.05, 0.1) is 17.5 Å². The third kappa shape index (κ3) is 4.27. The highest BCUT2D eigenvalue weighted by atomic mass is 32.2. The van der Waals surface area contributed by atoms with Crippen LogP contribution in [0.2, 0.25) is 0 Å². The van der Waals surface area contributed by atoms with Crippen molar-refractivity contribution in [1.29, 1.82) is 0 Å². The maximum Gasteiger partial charge on any atom is 0.241 e. The molecule has 2 N–H and O–H groups in total. The van der Waals surface area contributed by atoms with E-state index < -0.39 is 16.1 Å². The van der Waals surface area contributed by atoms with Crippen LogP contribution < -0.4 is 4.72 Å². The van der Waals surface area contributed by atoms with Crippen LogP contribution in [0.25, 0.3) is 0 Å². The van der Waals surface area contributed by atoms with Gasteiger partial charge in [-0.3, -0.25) is 0 Å². The fourth-order valence-electron chi connectivity index (χ4n) is 2.03. The van der Waals surface area contributed by atoms with Gasteiger partial charge in [-0.25, -0.2) is 8.42 Å². The predicted molar refractivity (Wildman–Crippen MR) is 86.9 cm³/mol. The maximum atomic E-state index is 12.5. The third-order valence-corrected chi connectivity index (χ3v) is 4.66. The molecule has 0 radical (unpaired) electrons. The molecule has 116 valence electrons. The molecule has 0 aliphatic carbocycles. The third-order valence-electron chi connectivity index (χ3n) is 3.21. The molecule has 2 rings (SSSR count). The molecule has 0 aliphatic rings. The fourth-order valence-corrected chi connectivity index (χ4v) is 3.21. The van der Waals surface area contributed by atoms with Crippen molar-refractivity contribution in [3.63, 3.8) is 0 Å². The van der Waals surface area contributed by atoms with Gasteiger partial charge in [-0.05, 0) is 24.6 Å². The number of benzene rings is 2. The Hall–Kier alpha value is -1.95. The molecule has 22 heavy (non-hydrogen) atoms. The van der Waals surface area contributed by atoms with Crippen LogP contribution in [0.1, 0.15) is 17.2 Å². The average Bonchev–Trinajstić information content (AvgIpc) is 2.52. The van der Waals surface area contributed by atoms with E-state index in [0.717, 1.165) is 11.1 Å². The minimum absolute atomic E-state index is 0.143. The maximum absolute atomic E-state index is 12.5. The Bertz CT molecular complexity index is 722. The van der Waals surface area contributed by atoms with Crippen molar-refractivity contribution in [2.45, 2.75) is 17.9 Å². The van der Waals surface area contributed by atoms with E-state index in [1.807, 2.05) is 37.3 Å². The molecule has 0 amide bonds. The Labute approximate surface area is 131 Å². The lowest BCUT2D eigenvalue weighted by atomic mass is 10.1. The minimum Gasteiger partial charge on any atom is -0.392 e. The molecule has 0 saturated carbocycles. The van der Waals surface area contributed by atoms with Crippen LogP contribution in [-0.2, 0) is 10.0 Å². The monoisotopic (exact) mass is 317 g/mol. The number of aryl methyl sites for hydroxylation is 1. The first-order chi connectivity index (χ1) is 10.5. The number of aliphatic hydroxyl groups excluding tert-OH is 1. The highest BCUT2D eigenvalue weighted by Crippen LogP contribution is 2.19. The Balaban J connectivity index is 2.30. The van der Waals surface area contributed by atoms with Gasteiger partial charge < -0.3 is 5.11 Å². The lowest BCUT2D eigenvalue weighted by molar-refractivity contribution is 0.342. The van der Waals surface area contributed by atoms with Crippen molar-refractivity contribution in [3.8, 4) is 0 Å². The summed E-state index contributed by atoms with van der Waals surface area (Å²) in [5, 5.41) is 8.94. The van der Waals surface area contributed by atoms with Crippen molar-refractivity contribution in [1.82, 2.24) is 4.72 Å². The molecule has 0 unspecified atom stereocenters. The molecule has 0 bridgehead atoms. The van der Waals surface area contributed by atoms with E-state index in [1.165, 1.54) is 6.08 Å². The predicted octanol–water partition coefficient (Wildman–Crippen LogP) is 2.56. The summed E-state index contributed by atoms with van der Waals surface area (Å²) in [4.78, 5) is 0.219. The van der Waals surface area contributed by atoms with Crippen LogP contribution in [0.4, 0.5) is 0 Å². The minimum atomic E-state index is -3.64. The molecular weight excluding hydrogens is 298 g/mol. The summed E-state index contributed by atoms with van der Waals surface area (Å²) in [6, 6.07) is 15.4. The normalized spacial score (nSPS) is 13.4. The van der Waals surface area contributed by atoms with Gasteiger partial charge in [0.15, 0.2) is 0 Å². The van der Waals surface area contributed by atoms with E-state index >= 15 is 0 Å². The second-order valence-corrected chi connectivity index (χ2v) is 6.65. The summed E-state index contributed by atoms with van der Waals surface area (Å²) < 4.78 is 27.6. The van der Waals surface area contributed by atoms with E-state index in [-0.39, 0.29) is 11.5 Å². The first-order valence-corrected chi connectivity index (χ1v) is 8.43. The zero-order valence-electron chi connectivity index (χ0n) is 12.3. The topological polar surface area (TPSA) is 66.4 Å². The molecule has 0 saturated heterocycles. The van der Waals surface area contributed by atoms with Gasteiger partial charge in [0, 0.05) is 0 Å². The number of hydrogen-bond donors (Lipinski definition) is 2. The van der Waals surface area contributed by atoms with Gasteiger partial charge >= 0.3 is 0 Å². The molecule has 4 nitrogen and oxygen atoms in total. The Morgan fingerprint density at radius 3 is 2.32 bits per heavy atom. The molecule has 0 fully saturated rings. The Morgan fingerprint density at radius 2 is 1.73 bits per heavy atom. The van der Waals surface area contributed by atoms with Gasteiger partial charge in [0.25, 0.3) is 0 Å². The number of nitrogens with one attached hydrogen (secondary N) is 1. The molecule has 5 heteroatoms. The Kier molecular flexibility index (Phi) is 5.49. The van der Waals surface area contributed by atoms with Crippen molar-refractivity contribution < 1.29 is 13.5 Å². The van der Waals surface area contributed by atoms with Crippen LogP contribution in [0.15, 0.2) is 71.6 Å². The van der Waals surface area contributed by atoms with Crippen molar-refractivity contribution in [2.24, 2.45) is 0 Å². The molecule has 0 aromatic heterocycles. The fraction of sp³-hybridized carbons (Fsp3) is 0.176. The van der Waals surface area contributed by atoms with E-state index in [2.05, 4.69) is 4.72 Å². The summed E-state index contributed by atoms with van der Waals surface area (Å²) in [7, 11) is -3.64. The van der Waals surface area contributed by atoms with E-state index in [1.54, 1.807) is 30.3 Å². The molecule has 0 aliphatic heterocycles. The van der Waals surface area contributed by atoms with E-state index in [4.69, 9.17) is 5.11 Å². The highest BCUT2D eigenvalue weighted by Gasteiger charge is 2.19. The summed E-state index contributed by atoms with van der Waals surface area (Å²) in [5.74, 6) is 0. The molecule has 1 atom stereocenters. The zero-order valence-corrected chi connectivity index (χ0v) is 13.1. The highest BCUT2D eigenvalue weighted by molar-refractivity contribution is 7.89. The summed E-state index contributed by atoms with van der Waals surface area (Å²) >= 11 is 0. The van der Waals surface area contributed by atoms with Gasteiger partial charge in [-0.2, -0.15) is 4.72 Å². The summed E-state index contributed by atoms with van der Waals surface area (Å²) in [6.45, 7) is 1.76. The van der Waals surface area contributed by atoms with Crippen LogP contribution in [0.5, 0.6) is 0 Å². The summed E-state index contributed by atoms with van der Waals surface area (Å²) in [5.41, 5.74) is 1.81. The first-order valence-electron chi connectivity index (χ1n) is 6.94. The molecule has 2 aromatic rings. The van der Waals surface area contributed by atoms with E-state index in [9.17, 15) is 8.42 Å². The molecular formula is C17H19NO3S. The van der Waals surface area contributed by atoms with Crippen molar-refractivity contribution in [3.05, 3.63) is 77.9 Å². The number of aliphatic hydroxyl groups is 1. The second-order valence-electron chi connectivity index (χ2n) is 4.93. The quantitative estimate of drug-likeness (QED) is 0.805. The van der Waals surface area contributed by atoms with Gasteiger partial charge in [0.1, 0.15) is 0 Å². The number of rotatable bonds is 6. The van der Waals surface area contributed by atoms with Crippen LogP contribution >= 0.6 is 0 Å². The average molecular weight is 317 g/mol. The van der Waals surface area contributed by atoms with Gasteiger partial charge in [0.2, 0.25) is 10.0 Å². The standard InChI is InChI=1S/C17H19NO3S/c1-14-9-11-16(12-10-14)22(20,21)18-17(8-5-13-19)15-6-3-2-4-7-15/h2-12,17-19H,13H2,1H3/b8-5+/t17-/m0/s1. The first kappa shape index (κ1) is 16.4. The number of sulfonamides is 1. The number of hydrogen-bond acceptors (Lipinski definition) is 3.